The molecule has 3 nitrogen and oxygen atoms in total. The van der Waals surface area contributed by atoms with Crippen molar-refractivity contribution in [2.45, 2.75) is 19.4 Å². The third-order valence-electron chi connectivity index (χ3n) is 3.58. The van der Waals surface area contributed by atoms with Crippen molar-refractivity contribution >= 4 is 0 Å². The van der Waals surface area contributed by atoms with E-state index in [1.54, 1.807) is 12.1 Å². The van der Waals surface area contributed by atoms with Crippen LogP contribution in [-0.2, 0) is 11.3 Å². The molecule has 1 saturated heterocycles. The summed E-state index contributed by atoms with van der Waals surface area (Å²) in [7, 11) is 3.56. The van der Waals surface area contributed by atoms with Crippen LogP contribution in [0, 0.1) is 11.7 Å². The van der Waals surface area contributed by atoms with Crippen molar-refractivity contribution in [1.82, 2.24) is 4.90 Å². The molecule has 0 unspecified atom stereocenters. The lowest BCUT2D eigenvalue weighted by atomic mass is 10.00. The minimum Gasteiger partial charge on any atom is -0.494 e. The molecule has 0 atom stereocenters. The fourth-order valence-corrected chi connectivity index (χ4v) is 2.55. The second-order valence-corrected chi connectivity index (χ2v) is 5.22. The zero-order valence-electron chi connectivity index (χ0n) is 11.7. The smallest absolute Gasteiger partial charge is 0.165 e. The van der Waals surface area contributed by atoms with Crippen LogP contribution in [0.15, 0.2) is 18.2 Å². The van der Waals surface area contributed by atoms with Gasteiger partial charge in [-0.2, -0.15) is 0 Å². The Balaban J connectivity index is 1.87. The number of methoxy groups -OCH3 is 1. The van der Waals surface area contributed by atoms with Crippen LogP contribution in [0.5, 0.6) is 5.75 Å². The SMILES string of the molecule is COc1ccc(CN(C)CC2CCOCC2)cc1F. The highest BCUT2D eigenvalue weighted by Crippen LogP contribution is 2.20. The monoisotopic (exact) mass is 267 g/mol. The van der Waals surface area contributed by atoms with Gasteiger partial charge in [0.15, 0.2) is 11.6 Å². The Labute approximate surface area is 114 Å². The zero-order chi connectivity index (χ0) is 13.7. The Bertz CT molecular complexity index is 405. The fraction of sp³-hybridized carbons (Fsp3) is 0.600. The zero-order valence-corrected chi connectivity index (χ0v) is 11.7. The lowest BCUT2D eigenvalue weighted by molar-refractivity contribution is 0.0549. The average molecular weight is 267 g/mol. The lowest BCUT2D eigenvalue weighted by Gasteiger charge is -2.27. The van der Waals surface area contributed by atoms with Crippen molar-refractivity contribution in [3.05, 3.63) is 29.6 Å². The van der Waals surface area contributed by atoms with Gasteiger partial charge in [0.2, 0.25) is 0 Å². The minimum absolute atomic E-state index is 0.292. The number of ether oxygens (including phenoxy) is 2. The van der Waals surface area contributed by atoms with Gasteiger partial charge in [0.25, 0.3) is 0 Å². The summed E-state index contributed by atoms with van der Waals surface area (Å²) in [6, 6.07) is 5.16. The predicted octanol–water partition coefficient (Wildman–Crippen LogP) is 2.69. The topological polar surface area (TPSA) is 21.7 Å². The Kier molecular flexibility index (Phi) is 5.16. The number of hydrogen-bond donors (Lipinski definition) is 0. The Morgan fingerprint density at radius 2 is 2.11 bits per heavy atom. The first-order valence-corrected chi connectivity index (χ1v) is 6.77. The summed E-state index contributed by atoms with van der Waals surface area (Å²) in [5.41, 5.74) is 0.979. The lowest BCUT2D eigenvalue weighted by Crippen LogP contribution is -2.29. The Morgan fingerprint density at radius 1 is 1.37 bits per heavy atom. The summed E-state index contributed by atoms with van der Waals surface area (Å²) in [6.07, 6.45) is 2.25. The van der Waals surface area contributed by atoms with Crippen LogP contribution in [0.1, 0.15) is 18.4 Å². The van der Waals surface area contributed by atoms with Crippen molar-refractivity contribution in [3.8, 4) is 5.75 Å². The van der Waals surface area contributed by atoms with E-state index in [0.29, 0.717) is 11.7 Å². The van der Waals surface area contributed by atoms with Crippen molar-refractivity contribution in [2.75, 3.05) is 33.9 Å². The molecule has 1 aromatic carbocycles. The van der Waals surface area contributed by atoms with Gasteiger partial charge in [-0.15, -0.1) is 0 Å². The molecule has 19 heavy (non-hydrogen) atoms. The van der Waals surface area contributed by atoms with E-state index >= 15 is 0 Å². The molecule has 0 aromatic heterocycles. The molecule has 0 saturated carbocycles. The summed E-state index contributed by atoms with van der Waals surface area (Å²) in [5.74, 6) is 0.706. The molecule has 0 N–H and O–H groups in total. The van der Waals surface area contributed by atoms with Gasteiger partial charge in [-0.25, -0.2) is 4.39 Å². The van der Waals surface area contributed by atoms with Crippen molar-refractivity contribution in [1.29, 1.82) is 0 Å². The first-order valence-electron chi connectivity index (χ1n) is 6.77. The molecule has 0 amide bonds. The van der Waals surface area contributed by atoms with Crippen LogP contribution in [-0.4, -0.2) is 38.8 Å². The van der Waals surface area contributed by atoms with Crippen LogP contribution in [0.3, 0.4) is 0 Å². The standard InChI is InChI=1S/C15H22FNO2/c1-17(10-12-5-7-19-8-6-12)11-13-3-4-15(18-2)14(16)9-13/h3-4,9,12H,5-8,10-11H2,1-2H3. The molecule has 0 bridgehead atoms. The van der Waals surface area contributed by atoms with Crippen molar-refractivity contribution < 1.29 is 13.9 Å². The van der Waals surface area contributed by atoms with Crippen molar-refractivity contribution in [3.63, 3.8) is 0 Å². The van der Waals surface area contributed by atoms with Crippen LogP contribution >= 0.6 is 0 Å². The summed E-state index contributed by atoms with van der Waals surface area (Å²) >= 11 is 0. The van der Waals surface area contributed by atoms with Gasteiger partial charge in [0.1, 0.15) is 0 Å². The molecule has 2 rings (SSSR count). The third kappa shape index (κ3) is 4.18. The first-order chi connectivity index (χ1) is 9.19. The van der Waals surface area contributed by atoms with E-state index in [9.17, 15) is 4.39 Å². The van der Waals surface area contributed by atoms with Gasteiger partial charge in [-0.1, -0.05) is 6.07 Å². The highest BCUT2D eigenvalue weighted by atomic mass is 19.1. The maximum atomic E-state index is 13.6. The van der Waals surface area contributed by atoms with E-state index in [4.69, 9.17) is 9.47 Å². The maximum Gasteiger partial charge on any atom is 0.165 e. The molecule has 1 fully saturated rings. The van der Waals surface area contributed by atoms with Crippen LogP contribution in [0.25, 0.3) is 0 Å². The summed E-state index contributed by atoms with van der Waals surface area (Å²) < 4.78 is 23.9. The van der Waals surface area contributed by atoms with Crippen LogP contribution < -0.4 is 4.74 Å². The number of benzene rings is 1. The molecule has 1 heterocycles. The van der Waals surface area contributed by atoms with Gasteiger partial charge in [-0.3, -0.25) is 0 Å². The first kappa shape index (κ1) is 14.3. The number of hydrogen-bond acceptors (Lipinski definition) is 3. The molecule has 0 radical (unpaired) electrons. The highest BCUT2D eigenvalue weighted by Gasteiger charge is 2.16. The quantitative estimate of drug-likeness (QED) is 0.818. The fourth-order valence-electron chi connectivity index (χ4n) is 2.55. The number of halogens is 1. The largest absolute Gasteiger partial charge is 0.494 e. The predicted molar refractivity (Wildman–Crippen MR) is 72.8 cm³/mol. The van der Waals surface area contributed by atoms with Gasteiger partial charge < -0.3 is 14.4 Å². The molecule has 0 spiro atoms. The number of nitrogens with zero attached hydrogens (tertiary/aromatic N) is 1. The Hall–Kier alpha value is -1.13. The van der Waals surface area contributed by atoms with E-state index in [0.717, 1.165) is 44.7 Å². The van der Waals surface area contributed by atoms with E-state index in [1.807, 2.05) is 6.07 Å². The summed E-state index contributed by atoms with van der Waals surface area (Å²) in [5, 5.41) is 0. The molecule has 106 valence electrons. The number of rotatable bonds is 5. The normalized spacial score (nSPS) is 16.8. The summed E-state index contributed by atoms with van der Waals surface area (Å²) in [4.78, 5) is 2.25. The molecule has 1 aliphatic rings. The molecule has 0 aliphatic carbocycles. The van der Waals surface area contributed by atoms with Gasteiger partial charge in [0, 0.05) is 26.3 Å². The molecular formula is C15H22FNO2. The van der Waals surface area contributed by atoms with E-state index in [1.165, 1.54) is 7.11 Å². The maximum absolute atomic E-state index is 13.6. The van der Waals surface area contributed by atoms with Gasteiger partial charge in [-0.05, 0) is 43.5 Å². The minimum atomic E-state index is -0.292. The summed E-state index contributed by atoms with van der Waals surface area (Å²) in [6.45, 7) is 3.54. The molecule has 4 heteroatoms. The van der Waals surface area contributed by atoms with E-state index in [-0.39, 0.29) is 5.82 Å². The van der Waals surface area contributed by atoms with Gasteiger partial charge >= 0.3 is 0 Å². The van der Waals surface area contributed by atoms with E-state index < -0.39 is 0 Å². The Morgan fingerprint density at radius 3 is 2.74 bits per heavy atom. The van der Waals surface area contributed by atoms with Crippen LogP contribution in [0.4, 0.5) is 4.39 Å². The van der Waals surface area contributed by atoms with Crippen molar-refractivity contribution in [2.24, 2.45) is 5.92 Å². The molecular weight excluding hydrogens is 245 g/mol. The molecule has 1 aliphatic heterocycles. The van der Waals surface area contributed by atoms with E-state index in [2.05, 4.69) is 11.9 Å². The molecule has 1 aromatic rings. The van der Waals surface area contributed by atoms with Gasteiger partial charge in [0.05, 0.1) is 7.11 Å². The van der Waals surface area contributed by atoms with Crippen LogP contribution in [0.2, 0.25) is 0 Å². The second kappa shape index (κ2) is 6.87. The third-order valence-corrected chi connectivity index (χ3v) is 3.58. The highest BCUT2D eigenvalue weighted by molar-refractivity contribution is 5.29. The average Bonchev–Trinajstić information content (AvgIpc) is 2.40. The second-order valence-electron chi connectivity index (χ2n) is 5.22.